The highest BCUT2D eigenvalue weighted by atomic mass is 16.5. The molecule has 158 valence electrons. The number of piperidine rings is 1. The zero-order valence-electron chi connectivity index (χ0n) is 17.9. The lowest BCUT2D eigenvalue weighted by Gasteiger charge is -2.38. The van der Waals surface area contributed by atoms with Crippen LogP contribution in [0.2, 0.25) is 0 Å². The zero-order valence-corrected chi connectivity index (χ0v) is 17.9. The molecule has 0 atom stereocenters. The molecule has 1 N–H and O–H groups in total. The molecule has 2 fully saturated rings. The van der Waals surface area contributed by atoms with Crippen LogP contribution < -0.4 is 5.32 Å². The molecule has 2 aliphatic heterocycles. The van der Waals surface area contributed by atoms with Crippen molar-refractivity contribution in [3.8, 4) is 0 Å². The lowest BCUT2D eigenvalue weighted by Crippen LogP contribution is -2.50. The SMILES string of the molecule is CCC(=O)CN1CCN(CC2CCN(CCOCCNC(C)C)CC2)CC1. The first kappa shape index (κ1) is 22.8. The van der Waals surface area contributed by atoms with E-state index in [1.165, 1.54) is 32.5 Å². The van der Waals surface area contributed by atoms with Crippen LogP contribution in [0.1, 0.15) is 40.0 Å². The Kier molecular flexibility index (Phi) is 10.8. The molecule has 2 heterocycles. The maximum atomic E-state index is 11.6. The molecule has 0 saturated carbocycles. The van der Waals surface area contributed by atoms with Gasteiger partial charge in [-0.05, 0) is 31.8 Å². The maximum Gasteiger partial charge on any atom is 0.146 e. The number of carbonyl (C=O) groups excluding carboxylic acids is 1. The van der Waals surface area contributed by atoms with Crippen molar-refractivity contribution < 1.29 is 9.53 Å². The number of nitrogens with zero attached hydrogens (tertiary/aromatic N) is 3. The minimum absolute atomic E-state index is 0.371. The van der Waals surface area contributed by atoms with Crippen molar-refractivity contribution in [1.82, 2.24) is 20.0 Å². The van der Waals surface area contributed by atoms with Crippen LogP contribution in [0.15, 0.2) is 0 Å². The Bertz CT molecular complexity index is 403. The van der Waals surface area contributed by atoms with Gasteiger partial charge in [-0.25, -0.2) is 0 Å². The van der Waals surface area contributed by atoms with E-state index in [-0.39, 0.29) is 0 Å². The molecule has 0 unspecified atom stereocenters. The van der Waals surface area contributed by atoms with Crippen molar-refractivity contribution >= 4 is 5.78 Å². The van der Waals surface area contributed by atoms with Crippen molar-refractivity contribution in [3.05, 3.63) is 0 Å². The molecule has 2 aliphatic rings. The molecule has 0 aromatic rings. The normalized spacial score (nSPS) is 21.2. The summed E-state index contributed by atoms with van der Waals surface area (Å²) in [6.45, 7) is 18.6. The maximum absolute atomic E-state index is 11.6. The van der Waals surface area contributed by atoms with Crippen LogP contribution in [0, 0.1) is 5.92 Å². The fraction of sp³-hybridized carbons (Fsp3) is 0.952. The first-order valence-electron chi connectivity index (χ1n) is 11.1. The second-order valence-electron chi connectivity index (χ2n) is 8.48. The van der Waals surface area contributed by atoms with E-state index < -0.39 is 0 Å². The molecule has 6 heteroatoms. The number of rotatable bonds is 12. The zero-order chi connectivity index (χ0) is 19.5. The molecule has 0 aromatic carbocycles. The van der Waals surface area contributed by atoms with E-state index in [2.05, 4.69) is 33.9 Å². The van der Waals surface area contributed by atoms with Crippen molar-refractivity contribution in [3.63, 3.8) is 0 Å². The van der Waals surface area contributed by atoms with Crippen molar-refractivity contribution in [2.75, 3.05) is 78.7 Å². The Hall–Kier alpha value is -0.530. The van der Waals surface area contributed by atoms with Gasteiger partial charge in [0, 0.05) is 58.3 Å². The number of piperazine rings is 1. The van der Waals surface area contributed by atoms with Crippen LogP contribution in [-0.2, 0) is 9.53 Å². The van der Waals surface area contributed by atoms with Crippen molar-refractivity contribution in [2.24, 2.45) is 5.92 Å². The summed E-state index contributed by atoms with van der Waals surface area (Å²) in [4.78, 5) is 19.1. The molecule has 0 aliphatic carbocycles. The summed E-state index contributed by atoms with van der Waals surface area (Å²) < 4.78 is 5.74. The van der Waals surface area contributed by atoms with Crippen LogP contribution in [0.25, 0.3) is 0 Å². The molecule has 0 bridgehead atoms. The largest absolute Gasteiger partial charge is 0.379 e. The van der Waals surface area contributed by atoms with Crippen LogP contribution in [0.3, 0.4) is 0 Å². The molecule has 2 saturated heterocycles. The average Bonchev–Trinajstić information content (AvgIpc) is 2.67. The van der Waals surface area contributed by atoms with E-state index in [1.54, 1.807) is 0 Å². The summed E-state index contributed by atoms with van der Waals surface area (Å²) in [5.74, 6) is 1.21. The predicted molar refractivity (Wildman–Crippen MR) is 111 cm³/mol. The quantitative estimate of drug-likeness (QED) is 0.514. The van der Waals surface area contributed by atoms with E-state index in [0.29, 0.717) is 24.8 Å². The molecule has 0 amide bonds. The van der Waals surface area contributed by atoms with Gasteiger partial charge in [0.1, 0.15) is 5.78 Å². The highest BCUT2D eigenvalue weighted by Crippen LogP contribution is 2.19. The number of ether oxygens (including phenoxy) is 1. The molecule has 6 nitrogen and oxygen atoms in total. The fourth-order valence-corrected chi connectivity index (χ4v) is 3.96. The Morgan fingerprint density at radius 3 is 2.30 bits per heavy atom. The lowest BCUT2D eigenvalue weighted by molar-refractivity contribution is -0.120. The van der Waals surface area contributed by atoms with E-state index >= 15 is 0 Å². The number of hydrogen-bond acceptors (Lipinski definition) is 6. The van der Waals surface area contributed by atoms with Gasteiger partial charge >= 0.3 is 0 Å². The monoisotopic (exact) mass is 382 g/mol. The number of carbonyl (C=O) groups is 1. The molecule has 0 spiro atoms. The summed E-state index contributed by atoms with van der Waals surface area (Å²) in [6.07, 6.45) is 3.28. The second-order valence-corrected chi connectivity index (χ2v) is 8.48. The first-order chi connectivity index (χ1) is 13.1. The highest BCUT2D eigenvalue weighted by molar-refractivity contribution is 5.80. The third-order valence-corrected chi connectivity index (χ3v) is 5.83. The second kappa shape index (κ2) is 12.8. The smallest absolute Gasteiger partial charge is 0.146 e. The molecular weight excluding hydrogens is 340 g/mol. The predicted octanol–water partition coefficient (Wildman–Crippen LogP) is 1.31. The molecule has 0 radical (unpaired) electrons. The summed E-state index contributed by atoms with van der Waals surface area (Å²) in [5, 5.41) is 3.38. The van der Waals surface area contributed by atoms with E-state index in [0.717, 1.165) is 58.4 Å². The van der Waals surface area contributed by atoms with Gasteiger partial charge < -0.3 is 19.9 Å². The van der Waals surface area contributed by atoms with Crippen LogP contribution in [0.4, 0.5) is 0 Å². The molecular formula is C21H42N4O2. The Morgan fingerprint density at radius 1 is 1.00 bits per heavy atom. The summed E-state index contributed by atoms with van der Waals surface area (Å²) in [7, 11) is 0. The van der Waals surface area contributed by atoms with Crippen LogP contribution >= 0.6 is 0 Å². The number of hydrogen-bond donors (Lipinski definition) is 1. The van der Waals surface area contributed by atoms with Gasteiger partial charge in [0.25, 0.3) is 0 Å². The summed E-state index contributed by atoms with van der Waals surface area (Å²) >= 11 is 0. The van der Waals surface area contributed by atoms with Gasteiger partial charge in [0.15, 0.2) is 0 Å². The highest BCUT2D eigenvalue weighted by Gasteiger charge is 2.24. The van der Waals surface area contributed by atoms with Gasteiger partial charge in [-0.3, -0.25) is 9.69 Å². The van der Waals surface area contributed by atoms with Crippen LogP contribution in [-0.4, -0.2) is 105 Å². The Morgan fingerprint density at radius 2 is 1.67 bits per heavy atom. The van der Waals surface area contributed by atoms with Gasteiger partial charge in [-0.15, -0.1) is 0 Å². The van der Waals surface area contributed by atoms with Crippen LogP contribution in [0.5, 0.6) is 0 Å². The summed E-state index contributed by atoms with van der Waals surface area (Å²) in [5.41, 5.74) is 0. The summed E-state index contributed by atoms with van der Waals surface area (Å²) in [6, 6.07) is 0.537. The van der Waals surface area contributed by atoms with Gasteiger partial charge in [0.05, 0.1) is 19.8 Å². The number of likely N-dealkylation sites (tertiary alicyclic amines) is 1. The number of ketones is 1. The van der Waals surface area contributed by atoms with Crippen molar-refractivity contribution in [1.29, 1.82) is 0 Å². The molecule has 27 heavy (non-hydrogen) atoms. The number of Topliss-reactive ketones (excluding diaryl/α,β-unsaturated/α-hetero) is 1. The average molecular weight is 383 g/mol. The lowest BCUT2D eigenvalue weighted by atomic mass is 9.96. The van der Waals surface area contributed by atoms with Crippen molar-refractivity contribution in [2.45, 2.75) is 46.1 Å². The standard InChI is InChI=1S/C21H42N4O2/c1-4-21(26)18-25-12-10-24(11-13-25)17-20-5-8-23(9-6-20)14-16-27-15-7-22-19(2)3/h19-20,22H,4-18H2,1-3H3. The minimum Gasteiger partial charge on any atom is -0.379 e. The van der Waals surface area contributed by atoms with E-state index in [1.807, 2.05) is 6.92 Å². The third kappa shape index (κ3) is 9.48. The van der Waals surface area contributed by atoms with E-state index in [4.69, 9.17) is 4.74 Å². The topological polar surface area (TPSA) is 48.1 Å². The molecule has 2 rings (SSSR count). The molecule has 0 aromatic heterocycles. The van der Waals surface area contributed by atoms with Gasteiger partial charge in [0.2, 0.25) is 0 Å². The minimum atomic E-state index is 0.371. The Balaban J connectivity index is 1.49. The number of nitrogens with one attached hydrogen (secondary N) is 1. The Labute approximate surface area is 166 Å². The fourth-order valence-electron chi connectivity index (χ4n) is 3.96. The third-order valence-electron chi connectivity index (χ3n) is 5.83. The van der Waals surface area contributed by atoms with E-state index in [9.17, 15) is 4.79 Å². The first-order valence-corrected chi connectivity index (χ1v) is 11.1. The van der Waals surface area contributed by atoms with Gasteiger partial charge in [-0.2, -0.15) is 0 Å². The van der Waals surface area contributed by atoms with Gasteiger partial charge in [-0.1, -0.05) is 20.8 Å².